The minimum Gasteiger partial charge on any atom is -0.493 e. The maximum atomic E-state index is 13.2. The van der Waals surface area contributed by atoms with Gasteiger partial charge in [0.15, 0.2) is 17.7 Å². The second-order valence-corrected chi connectivity index (χ2v) is 8.41. The molecule has 0 aliphatic carbocycles. The molecule has 0 radical (unpaired) electrons. The van der Waals surface area contributed by atoms with Crippen LogP contribution >= 0.6 is 0 Å². The van der Waals surface area contributed by atoms with Crippen molar-refractivity contribution in [1.82, 2.24) is 20.4 Å². The van der Waals surface area contributed by atoms with Gasteiger partial charge < -0.3 is 24.6 Å². The van der Waals surface area contributed by atoms with Gasteiger partial charge in [0.1, 0.15) is 6.04 Å². The summed E-state index contributed by atoms with van der Waals surface area (Å²) in [5.41, 5.74) is 0.930. The first-order valence-corrected chi connectivity index (χ1v) is 11.8. The second-order valence-electron chi connectivity index (χ2n) is 8.41. The number of nitriles is 1. The molecule has 0 spiro atoms. The maximum Gasteiger partial charge on any atom is 0.245 e. The SMILES string of the molecule is COc1cccc(CCN=C(NC#N)NC2CCCCN(CC(=O)N3CCCC3)C2=O)c1OC. The van der Waals surface area contributed by atoms with Crippen molar-refractivity contribution in [2.45, 2.75) is 44.6 Å². The number of guanidine groups is 1. The van der Waals surface area contributed by atoms with Crippen LogP contribution in [0.25, 0.3) is 0 Å². The number of benzene rings is 1. The summed E-state index contributed by atoms with van der Waals surface area (Å²) in [6.45, 7) is 2.57. The fraction of sp³-hybridized carbons (Fsp3) is 0.583. The van der Waals surface area contributed by atoms with E-state index < -0.39 is 6.04 Å². The third-order valence-corrected chi connectivity index (χ3v) is 6.19. The number of hydrogen-bond donors (Lipinski definition) is 2. The Kier molecular flexibility index (Phi) is 9.38. The number of nitrogens with zero attached hydrogens (tertiary/aromatic N) is 4. The first-order chi connectivity index (χ1) is 16.6. The van der Waals surface area contributed by atoms with Gasteiger partial charge in [0.25, 0.3) is 0 Å². The number of carbonyl (C=O) groups is 2. The molecule has 0 aromatic heterocycles. The van der Waals surface area contributed by atoms with Gasteiger partial charge in [-0.05, 0) is 50.2 Å². The Morgan fingerprint density at radius 1 is 1.18 bits per heavy atom. The summed E-state index contributed by atoms with van der Waals surface area (Å²) in [5.74, 6) is 1.41. The molecule has 34 heavy (non-hydrogen) atoms. The van der Waals surface area contributed by atoms with Crippen LogP contribution in [0, 0.1) is 11.5 Å². The molecule has 0 bridgehead atoms. The number of aliphatic imine (C=N–C) groups is 1. The Morgan fingerprint density at radius 3 is 2.65 bits per heavy atom. The Labute approximate surface area is 200 Å². The molecule has 2 amide bonds. The number of carbonyl (C=O) groups excluding carboxylic acids is 2. The topological polar surface area (TPSA) is 119 Å². The lowest BCUT2D eigenvalue weighted by molar-refractivity contribution is -0.140. The minimum absolute atomic E-state index is 0.00257. The van der Waals surface area contributed by atoms with E-state index in [2.05, 4.69) is 15.6 Å². The molecule has 10 heteroatoms. The highest BCUT2D eigenvalue weighted by molar-refractivity contribution is 5.92. The largest absolute Gasteiger partial charge is 0.493 e. The van der Waals surface area contributed by atoms with Gasteiger partial charge >= 0.3 is 0 Å². The van der Waals surface area contributed by atoms with Crippen molar-refractivity contribution >= 4 is 17.8 Å². The molecule has 3 rings (SSSR count). The van der Waals surface area contributed by atoms with Gasteiger partial charge in [-0.15, -0.1) is 0 Å². The first kappa shape index (κ1) is 25.1. The lowest BCUT2D eigenvalue weighted by Gasteiger charge is -2.27. The van der Waals surface area contributed by atoms with Crippen LogP contribution in [0.4, 0.5) is 0 Å². The average molecular weight is 471 g/mol. The van der Waals surface area contributed by atoms with E-state index >= 15 is 0 Å². The molecule has 1 aromatic rings. The first-order valence-electron chi connectivity index (χ1n) is 11.8. The predicted molar refractivity (Wildman–Crippen MR) is 127 cm³/mol. The molecule has 2 N–H and O–H groups in total. The fourth-order valence-electron chi connectivity index (χ4n) is 4.40. The molecule has 1 atom stereocenters. The highest BCUT2D eigenvalue weighted by atomic mass is 16.5. The van der Waals surface area contributed by atoms with Crippen molar-refractivity contribution in [2.75, 3.05) is 46.9 Å². The zero-order valence-electron chi connectivity index (χ0n) is 20.0. The van der Waals surface area contributed by atoms with Gasteiger partial charge in [0, 0.05) is 26.2 Å². The molecular formula is C24H34N6O4. The lowest BCUT2D eigenvalue weighted by Crippen LogP contribution is -2.52. The van der Waals surface area contributed by atoms with E-state index in [1.807, 2.05) is 29.3 Å². The molecule has 2 aliphatic heterocycles. The number of ether oxygens (including phenoxy) is 2. The van der Waals surface area contributed by atoms with Crippen molar-refractivity contribution < 1.29 is 19.1 Å². The van der Waals surface area contributed by atoms with E-state index in [-0.39, 0.29) is 24.3 Å². The van der Waals surface area contributed by atoms with Gasteiger partial charge in [-0.3, -0.25) is 19.9 Å². The van der Waals surface area contributed by atoms with Crippen molar-refractivity contribution in [2.24, 2.45) is 4.99 Å². The standard InChI is InChI=1S/C24H34N6O4/c1-33-20-10-7-8-18(22(20)34-2)11-12-26-24(27-17-25)28-19-9-3-4-15-30(23(19)32)16-21(31)29-13-5-6-14-29/h7-8,10,19H,3-6,9,11-16H2,1-2H3,(H2,26,27,28). The van der Waals surface area contributed by atoms with Crippen LogP contribution in [0.1, 0.15) is 37.7 Å². The Morgan fingerprint density at radius 2 is 1.94 bits per heavy atom. The molecule has 10 nitrogen and oxygen atoms in total. The summed E-state index contributed by atoms with van der Waals surface area (Å²) in [5, 5.41) is 14.8. The molecule has 2 aliphatic rings. The van der Waals surface area contributed by atoms with Gasteiger partial charge in [0.05, 0.1) is 20.8 Å². The van der Waals surface area contributed by atoms with Gasteiger partial charge in [0.2, 0.25) is 17.8 Å². The van der Waals surface area contributed by atoms with Crippen LogP contribution in [0.5, 0.6) is 11.5 Å². The zero-order chi connectivity index (χ0) is 24.3. The molecular weight excluding hydrogens is 436 g/mol. The second kappa shape index (κ2) is 12.7. The van der Waals surface area contributed by atoms with Crippen LogP contribution < -0.4 is 20.1 Å². The number of rotatable bonds is 8. The molecule has 184 valence electrons. The minimum atomic E-state index is -0.542. The number of amides is 2. The van der Waals surface area contributed by atoms with Gasteiger partial charge in [-0.25, -0.2) is 0 Å². The van der Waals surface area contributed by atoms with Crippen LogP contribution in [-0.4, -0.2) is 80.6 Å². The normalized spacial score (nSPS) is 18.8. The molecule has 1 unspecified atom stereocenters. The highest BCUT2D eigenvalue weighted by Crippen LogP contribution is 2.30. The van der Waals surface area contributed by atoms with Crippen molar-refractivity contribution in [1.29, 1.82) is 5.26 Å². The van der Waals surface area contributed by atoms with Crippen molar-refractivity contribution in [3.05, 3.63) is 23.8 Å². The number of nitrogens with one attached hydrogen (secondary N) is 2. The van der Waals surface area contributed by atoms with Crippen LogP contribution in [-0.2, 0) is 16.0 Å². The van der Waals surface area contributed by atoms with E-state index in [4.69, 9.17) is 9.47 Å². The van der Waals surface area contributed by atoms with E-state index in [1.165, 1.54) is 0 Å². The number of likely N-dealkylation sites (tertiary alicyclic amines) is 2. The van der Waals surface area contributed by atoms with Crippen LogP contribution in [0.2, 0.25) is 0 Å². The lowest BCUT2D eigenvalue weighted by atomic mass is 10.1. The van der Waals surface area contributed by atoms with E-state index in [0.717, 1.165) is 44.3 Å². The third-order valence-electron chi connectivity index (χ3n) is 6.19. The highest BCUT2D eigenvalue weighted by Gasteiger charge is 2.30. The van der Waals surface area contributed by atoms with E-state index in [1.54, 1.807) is 19.1 Å². The van der Waals surface area contributed by atoms with Crippen molar-refractivity contribution in [3.8, 4) is 17.7 Å². The number of methoxy groups -OCH3 is 2. The average Bonchev–Trinajstić information content (AvgIpc) is 3.34. The summed E-state index contributed by atoms with van der Waals surface area (Å²) in [4.78, 5) is 33.7. The fourth-order valence-corrected chi connectivity index (χ4v) is 4.40. The number of para-hydroxylation sites is 1. The van der Waals surface area contributed by atoms with Gasteiger partial charge in [-0.1, -0.05) is 12.1 Å². The Hall–Kier alpha value is -3.48. The summed E-state index contributed by atoms with van der Waals surface area (Å²) < 4.78 is 10.8. The van der Waals surface area contributed by atoms with Crippen LogP contribution in [0.15, 0.2) is 23.2 Å². The molecule has 1 aromatic carbocycles. The summed E-state index contributed by atoms with van der Waals surface area (Å²) in [7, 11) is 3.18. The molecule has 0 saturated carbocycles. The summed E-state index contributed by atoms with van der Waals surface area (Å²) in [6.07, 6.45) is 6.78. The maximum absolute atomic E-state index is 13.2. The van der Waals surface area contributed by atoms with E-state index in [0.29, 0.717) is 37.4 Å². The Balaban J connectivity index is 1.64. The van der Waals surface area contributed by atoms with E-state index in [9.17, 15) is 14.9 Å². The van der Waals surface area contributed by atoms with Crippen LogP contribution in [0.3, 0.4) is 0 Å². The summed E-state index contributed by atoms with van der Waals surface area (Å²) >= 11 is 0. The smallest absolute Gasteiger partial charge is 0.245 e. The zero-order valence-corrected chi connectivity index (χ0v) is 20.0. The molecule has 2 fully saturated rings. The van der Waals surface area contributed by atoms with Crippen molar-refractivity contribution in [3.63, 3.8) is 0 Å². The van der Waals surface area contributed by atoms with Gasteiger partial charge in [-0.2, -0.15) is 5.26 Å². The predicted octanol–water partition coefficient (Wildman–Crippen LogP) is 1.27. The quantitative estimate of drug-likeness (QED) is 0.254. The molecule has 2 heterocycles. The number of hydrogen-bond acceptors (Lipinski definition) is 6. The third kappa shape index (κ3) is 6.53. The molecule has 2 saturated heterocycles. The monoisotopic (exact) mass is 470 g/mol. The summed E-state index contributed by atoms with van der Waals surface area (Å²) in [6, 6.07) is 5.11. The Bertz CT molecular complexity index is 923.